The minimum Gasteiger partial charge on any atom is -0.496 e. The molecule has 0 saturated carbocycles. The molecular weight excluding hydrogens is 331 g/mol. The standard InChI is InChI=1S/C15H12Cl2O3S/c1-20-15-5-3-2-4-11(15)14(18)9-21(19)10-6-7-12(16)13(17)8-10/h2-8H,9H2,1H3. The van der Waals surface area contributed by atoms with Crippen molar-refractivity contribution in [3.05, 3.63) is 58.1 Å². The number of halogens is 2. The van der Waals surface area contributed by atoms with Crippen molar-refractivity contribution in [2.24, 2.45) is 0 Å². The molecule has 0 aromatic heterocycles. The average molecular weight is 343 g/mol. The molecule has 0 aliphatic carbocycles. The van der Waals surface area contributed by atoms with Crippen molar-refractivity contribution in [1.29, 1.82) is 0 Å². The van der Waals surface area contributed by atoms with Gasteiger partial charge in [-0.3, -0.25) is 9.00 Å². The summed E-state index contributed by atoms with van der Waals surface area (Å²) in [5.74, 6) is 0.0729. The van der Waals surface area contributed by atoms with Crippen LogP contribution in [0.2, 0.25) is 10.0 Å². The highest BCUT2D eigenvalue weighted by Gasteiger charge is 2.16. The number of para-hydroxylation sites is 1. The number of benzene rings is 2. The monoisotopic (exact) mass is 342 g/mol. The van der Waals surface area contributed by atoms with E-state index in [1.54, 1.807) is 36.4 Å². The molecule has 21 heavy (non-hydrogen) atoms. The molecule has 0 N–H and O–H groups in total. The third-order valence-corrected chi connectivity index (χ3v) is 4.87. The third-order valence-electron chi connectivity index (χ3n) is 2.82. The van der Waals surface area contributed by atoms with Gasteiger partial charge in [-0.15, -0.1) is 0 Å². The van der Waals surface area contributed by atoms with Gasteiger partial charge in [0.1, 0.15) is 5.75 Å². The van der Waals surface area contributed by atoms with E-state index in [0.717, 1.165) is 0 Å². The van der Waals surface area contributed by atoms with E-state index in [0.29, 0.717) is 26.3 Å². The number of hydrogen-bond donors (Lipinski definition) is 0. The number of Topliss-reactive ketones (excluding diaryl/α,β-unsaturated/α-hetero) is 1. The van der Waals surface area contributed by atoms with Gasteiger partial charge < -0.3 is 4.74 Å². The van der Waals surface area contributed by atoms with Crippen LogP contribution in [0, 0.1) is 0 Å². The summed E-state index contributed by atoms with van der Waals surface area (Å²) in [7, 11) is -0.00283. The van der Waals surface area contributed by atoms with Gasteiger partial charge in [-0.1, -0.05) is 35.3 Å². The summed E-state index contributed by atoms with van der Waals surface area (Å²) in [5, 5.41) is 0.695. The van der Waals surface area contributed by atoms with E-state index in [2.05, 4.69) is 0 Å². The van der Waals surface area contributed by atoms with Gasteiger partial charge in [-0.25, -0.2) is 0 Å². The molecule has 3 nitrogen and oxygen atoms in total. The average Bonchev–Trinajstić information content (AvgIpc) is 2.49. The van der Waals surface area contributed by atoms with Crippen LogP contribution in [0.3, 0.4) is 0 Å². The molecule has 2 aromatic rings. The number of hydrogen-bond acceptors (Lipinski definition) is 3. The summed E-state index contributed by atoms with van der Waals surface area (Å²) >= 11 is 11.7. The fraction of sp³-hybridized carbons (Fsp3) is 0.133. The first kappa shape index (κ1) is 16.0. The Kier molecular flexibility index (Phi) is 5.39. The Balaban J connectivity index is 2.19. The van der Waals surface area contributed by atoms with E-state index in [1.807, 2.05) is 0 Å². The first-order chi connectivity index (χ1) is 10.0. The zero-order valence-corrected chi connectivity index (χ0v) is 13.5. The third kappa shape index (κ3) is 3.84. The van der Waals surface area contributed by atoms with Gasteiger partial charge in [0.25, 0.3) is 0 Å². The van der Waals surface area contributed by atoms with E-state index >= 15 is 0 Å². The van der Waals surface area contributed by atoms with Crippen LogP contribution < -0.4 is 4.74 Å². The van der Waals surface area contributed by atoms with Crippen LogP contribution >= 0.6 is 23.2 Å². The Morgan fingerprint density at radius 2 is 1.86 bits per heavy atom. The Morgan fingerprint density at radius 1 is 1.14 bits per heavy atom. The van der Waals surface area contributed by atoms with E-state index < -0.39 is 10.8 Å². The lowest BCUT2D eigenvalue weighted by molar-refractivity contribution is 0.101. The minimum absolute atomic E-state index is 0.141. The fourth-order valence-corrected chi connectivity index (χ4v) is 3.17. The van der Waals surface area contributed by atoms with Crippen LogP contribution in [0.5, 0.6) is 5.75 Å². The van der Waals surface area contributed by atoms with Crippen LogP contribution in [0.25, 0.3) is 0 Å². The van der Waals surface area contributed by atoms with Crippen LogP contribution in [0.4, 0.5) is 0 Å². The molecule has 0 bridgehead atoms. The minimum atomic E-state index is -1.49. The summed E-state index contributed by atoms with van der Waals surface area (Å²) in [4.78, 5) is 12.7. The van der Waals surface area contributed by atoms with E-state index in [9.17, 15) is 9.00 Å². The smallest absolute Gasteiger partial charge is 0.179 e. The topological polar surface area (TPSA) is 43.4 Å². The molecule has 0 radical (unpaired) electrons. The molecule has 0 heterocycles. The largest absolute Gasteiger partial charge is 0.496 e. The van der Waals surface area contributed by atoms with Crippen molar-refractivity contribution in [2.45, 2.75) is 4.90 Å². The maximum Gasteiger partial charge on any atom is 0.179 e. The highest BCUT2D eigenvalue weighted by Crippen LogP contribution is 2.25. The number of ketones is 1. The maximum atomic E-state index is 12.2. The molecule has 110 valence electrons. The predicted molar refractivity (Wildman–Crippen MR) is 85.1 cm³/mol. The summed E-state index contributed by atoms with van der Waals surface area (Å²) in [6.45, 7) is 0. The maximum absolute atomic E-state index is 12.2. The van der Waals surface area contributed by atoms with Gasteiger partial charge >= 0.3 is 0 Å². The number of carbonyl (C=O) groups excluding carboxylic acids is 1. The van der Waals surface area contributed by atoms with Gasteiger partial charge in [-0.05, 0) is 30.3 Å². The Labute approximate surface area is 135 Å². The number of carbonyl (C=O) groups is 1. The van der Waals surface area contributed by atoms with Gasteiger partial charge in [0.05, 0.1) is 39.3 Å². The molecular formula is C15H12Cl2O3S. The zero-order chi connectivity index (χ0) is 15.4. The number of rotatable bonds is 5. The Hall–Kier alpha value is -1.36. The Morgan fingerprint density at radius 3 is 2.52 bits per heavy atom. The normalized spacial score (nSPS) is 12.0. The van der Waals surface area contributed by atoms with Crippen LogP contribution in [0.1, 0.15) is 10.4 Å². The number of methoxy groups -OCH3 is 1. The number of ether oxygens (including phenoxy) is 1. The predicted octanol–water partition coefficient (Wildman–Crippen LogP) is 3.99. The first-order valence-corrected chi connectivity index (χ1v) is 8.10. The lowest BCUT2D eigenvalue weighted by Gasteiger charge is -2.07. The van der Waals surface area contributed by atoms with Gasteiger partial charge in [0.15, 0.2) is 5.78 Å². The second-order valence-corrected chi connectivity index (χ2v) is 6.45. The highest BCUT2D eigenvalue weighted by atomic mass is 35.5. The molecule has 0 spiro atoms. The second kappa shape index (κ2) is 7.07. The van der Waals surface area contributed by atoms with Crippen molar-refractivity contribution >= 4 is 39.8 Å². The molecule has 2 rings (SSSR count). The van der Waals surface area contributed by atoms with Crippen molar-refractivity contribution in [3.63, 3.8) is 0 Å². The highest BCUT2D eigenvalue weighted by molar-refractivity contribution is 7.85. The lowest BCUT2D eigenvalue weighted by atomic mass is 10.1. The Bertz CT molecular complexity index is 701. The molecule has 0 amide bonds. The van der Waals surface area contributed by atoms with Crippen molar-refractivity contribution in [2.75, 3.05) is 12.9 Å². The quantitative estimate of drug-likeness (QED) is 0.771. The molecule has 0 aliphatic rings. The van der Waals surface area contributed by atoms with Gasteiger partial charge in [-0.2, -0.15) is 0 Å². The SMILES string of the molecule is COc1ccccc1C(=O)CS(=O)c1ccc(Cl)c(Cl)c1. The molecule has 0 saturated heterocycles. The molecule has 6 heteroatoms. The molecule has 0 fully saturated rings. The fourth-order valence-electron chi connectivity index (χ4n) is 1.77. The molecule has 2 aromatic carbocycles. The molecule has 1 unspecified atom stereocenters. The summed E-state index contributed by atoms with van der Waals surface area (Å²) in [6.07, 6.45) is 0. The summed E-state index contributed by atoms with van der Waals surface area (Å²) in [5.41, 5.74) is 0.411. The van der Waals surface area contributed by atoms with Crippen molar-refractivity contribution < 1.29 is 13.7 Å². The first-order valence-electron chi connectivity index (χ1n) is 6.02. The molecule has 1 atom stereocenters. The molecule has 0 aliphatic heterocycles. The van der Waals surface area contributed by atoms with Crippen LogP contribution in [-0.2, 0) is 10.8 Å². The second-order valence-electron chi connectivity index (χ2n) is 4.19. The van der Waals surface area contributed by atoms with E-state index in [1.165, 1.54) is 13.2 Å². The van der Waals surface area contributed by atoms with Crippen LogP contribution in [0.15, 0.2) is 47.4 Å². The van der Waals surface area contributed by atoms with Gasteiger partial charge in [0, 0.05) is 4.90 Å². The summed E-state index contributed by atoms with van der Waals surface area (Å²) in [6, 6.07) is 11.5. The van der Waals surface area contributed by atoms with E-state index in [-0.39, 0.29) is 11.5 Å². The van der Waals surface area contributed by atoms with Crippen LogP contribution in [-0.4, -0.2) is 22.9 Å². The van der Waals surface area contributed by atoms with Crippen molar-refractivity contribution in [3.8, 4) is 5.75 Å². The van der Waals surface area contributed by atoms with E-state index in [4.69, 9.17) is 27.9 Å². The lowest BCUT2D eigenvalue weighted by Crippen LogP contribution is -2.12. The van der Waals surface area contributed by atoms with Gasteiger partial charge in [0.2, 0.25) is 0 Å². The summed E-state index contributed by atoms with van der Waals surface area (Å²) < 4.78 is 17.4. The van der Waals surface area contributed by atoms with Crippen molar-refractivity contribution in [1.82, 2.24) is 0 Å². The zero-order valence-electron chi connectivity index (χ0n) is 11.1.